The van der Waals surface area contributed by atoms with E-state index in [0.717, 1.165) is 16.3 Å². The van der Waals surface area contributed by atoms with Crippen molar-refractivity contribution in [1.29, 1.82) is 0 Å². The van der Waals surface area contributed by atoms with E-state index in [9.17, 15) is 4.79 Å². The highest BCUT2D eigenvalue weighted by Crippen LogP contribution is 2.24. The van der Waals surface area contributed by atoms with Crippen LogP contribution in [0.5, 0.6) is 5.75 Å². The van der Waals surface area contributed by atoms with Crippen LogP contribution in [0.15, 0.2) is 46.9 Å². The maximum absolute atomic E-state index is 12.8. The van der Waals surface area contributed by atoms with Crippen LogP contribution in [-0.2, 0) is 18.4 Å². The molecule has 0 radical (unpaired) electrons. The van der Waals surface area contributed by atoms with Gasteiger partial charge in [0.2, 0.25) is 11.1 Å². The van der Waals surface area contributed by atoms with Gasteiger partial charge in [0.15, 0.2) is 0 Å². The normalized spacial score (nSPS) is 10.6. The van der Waals surface area contributed by atoms with E-state index in [2.05, 4.69) is 15.5 Å². The van der Waals surface area contributed by atoms with Crippen LogP contribution in [-0.4, -0.2) is 39.0 Å². The van der Waals surface area contributed by atoms with Gasteiger partial charge in [-0.2, -0.15) is 0 Å². The van der Waals surface area contributed by atoms with Gasteiger partial charge in [-0.25, -0.2) is 4.68 Å². The summed E-state index contributed by atoms with van der Waals surface area (Å²) in [6, 6.07) is 11.5. The first-order chi connectivity index (χ1) is 12.2. The number of tetrazole rings is 1. The summed E-state index contributed by atoms with van der Waals surface area (Å²) >= 11 is 2.95. The second-order valence-corrected chi connectivity index (χ2v) is 7.11. The number of thiophene rings is 1. The maximum atomic E-state index is 12.8. The zero-order valence-electron chi connectivity index (χ0n) is 13.8. The summed E-state index contributed by atoms with van der Waals surface area (Å²) in [6.45, 7) is 0.528. The fourth-order valence-electron chi connectivity index (χ4n) is 2.19. The summed E-state index contributed by atoms with van der Waals surface area (Å²) in [6.07, 6.45) is 0. The lowest BCUT2D eigenvalue weighted by Gasteiger charge is -2.22. The number of nitrogens with zero attached hydrogens (tertiary/aromatic N) is 5. The van der Waals surface area contributed by atoms with Gasteiger partial charge < -0.3 is 9.64 Å². The molecule has 7 nitrogen and oxygen atoms in total. The molecule has 1 amide bonds. The minimum atomic E-state index is -0.00781. The Kier molecular flexibility index (Phi) is 5.67. The number of methoxy groups -OCH3 is 1. The minimum absolute atomic E-state index is 0.00781. The molecule has 2 heterocycles. The summed E-state index contributed by atoms with van der Waals surface area (Å²) in [4.78, 5) is 15.7. The van der Waals surface area contributed by atoms with Crippen molar-refractivity contribution in [2.24, 2.45) is 7.05 Å². The summed E-state index contributed by atoms with van der Waals surface area (Å²) in [7, 11) is 3.37. The van der Waals surface area contributed by atoms with E-state index < -0.39 is 0 Å². The van der Waals surface area contributed by atoms with Crippen molar-refractivity contribution in [3.8, 4) is 5.75 Å². The van der Waals surface area contributed by atoms with Crippen molar-refractivity contribution >= 4 is 34.7 Å². The first-order valence-corrected chi connectivity index (χ1v) is 9.36. The fourth-order valence-corrected chi connectivity index (χ4v) is 3.61. The number of aromatic nitrogens is 4. The zero-order chi connectivity index (χ0) is 17.6. The molecular formula is C16H17N5O2S2. The van der Waals surface area contributed by atoms with Gasteiger partial charge in [0.25, 0.3) is 0 Å². The number of anilines is 1. The van der Waals surface area contributed by atoms with Gasteiger partial charge in [-0.3, -0.25) is 4.79 Å². The molecule has 3 aromatic rings. The molecule has 9 heteroatoms. The third kappa shape index (κ3) is 4.37. The number of aryl methyl sites for hydroxylation is 1. The predicted octanol–water partition coefficient (Wildman–Crippen LogP) is 2.61. The van der Waals surface area contributed by atoms with Crippen LogP contribution >= 0.6 is 23.1 Å². The topological polar surface area (TPSA) is 73.1 Å². The third-order valence-electron chi connectivity index (χ3n) is 3.49. The molecule has 0 atom stereocenters. The molecule has 130 valence electrons. The molecule has 0 bridgehead atoms. The SMILES string of the molecule is COc1ccc(N(Cc2cccs2)C(=O)CSc2nnnn2C)cc1. The van der Waals surface area contributed by atoms with Crippen LogP contribution in [0.1, 0.15) is 4.88 Å². The molecule has 0 aliphatic rings. The van der Waals surface area contributed by atoms with Gasteiger partial charge in [0, 0.05) is 17.6 Å². The molecule has 0 aliphatic heterocycles. The molecule has 0 N–H and O–H groups in total. The number of ether oxygens (including phenoxy) is 1. The average molecular weight is 375 g/mol. The standard InChI is InChI=1S/C16H17N5O2S2/c1-20-16(17-18-19-20)25-11-15(22)21(10-14-4-3-9-24-14)12-5-7-13(23-2)8-6-12/h3-9H,10-11H2,1-2H3. The Balaban J connectivity index is 1.76. The Morgan fingerprint density at radius 3 is 2.72 bits per heavy atom. The number of thioether (sulfide) groups is 1. The highest BCUT2D eigenvalue weighted by atomic mass is 32.2. The summed E-state index contributed by atoms with van der Waals surface area (Å²) in [5, 5.41) is 13.9. The van der Waals surface area contributed by atoms with E-state index in [1.807, 2.05) is 41.8 Å². The lowest BCUT2D eigenvalue weighted by molar-refractivity contribution is -0.116. The number of rotatable bonds is 7. The largest absolute Gasteiger partial charge is 0.497 e. The Labute approximate surface area is 153 Å². The number of benzene rings is 1. The van der Waals surface area contributed by atoms with Crippen LogP contribution in [0.2, 0.25) is 0 Å². The number of amides is 1. The second kappa shape index (κ2) is 8.13. The zero-order valence-corrected chi connectivity index (χ0v) is 15.5. The summed E-state index contributed by atoms with van der Waals surface area (Å²) in [5.74, 6) is 1.00. The molecular weight excluding hydrogens is 358 g/mol. The molecule has 0 aliphatic carbocycles. The molecule has 1 aromatic carbocycles. The second-order valence-electron chi connectivity index (χ2n) is 5.13. The highest BCUT2D eigenvalue weighted by Gasteiger charge is 2.18. The Morgan fingerprint density at radius 2 is 2.12 bits per heavy atom. The lowest BCUT2D eigenvalue weighted by atomic mass is 10.2. The van der Waals surface area contributed by atoms with Crippen LogP contribution in [0.25, 0.3) is 0 Å². The van der Waals surface area contributed by atoms with E-state index in [1.54, 1.807) is 35.1 Å². The molecule has 0 unspecified atom stereocenters. The summed E-state index contributed by atoms with van der Waals surface area (Å²) in [5.41, 5.74) is 0.830. The molecule has 25 heavy (non-hydrogen) atoms. The summed E-state index contributed by atoms with van der Waals surface area (Å²) < 4.78 is 6.75. The lowest BCUT2D eigenvalue weighted by Crippen LogP contribution is -2.31. The van der Waals surface area contributed by atoms with Gasteiger partial charge in [0.1, 0.15) is 5.75 Å². The first-order valence-electron chi connectivity index (χ1n) is 7.49. The van der Waals surface area contributed by atoms with Crippen molar-refractivity contribution in [1.82, 2.24) is 20.2 Å². The Hall–Kier alpha value is -2.39. The van der Waals surface area contributed by atoms with E-state index in [4.69, 9.17) is 4.74 Å². The highest BCUT2D eigenvalue weighted by molar-refractivity contribution is 7.99. The molecule has 0 saturated heterocycles. The quantitative estimate of drug-likeness (QED) is 0.591. The van der Waals surface area contributed by atoms with Gasteiger partial charge in [-0.1, -0.05) is 17.8 Å². The molecule has 0 fully saturated rings. The predicted molar refractivity (Wildman–Crippen MR) is 98.0 cm³/mol. The van der Waals surface area contributed by atoms with Crippen LogP contribution < -0.4 is 9.64 Å². The minimum Gasteiger partial charge on any atom is -0.497 e. The fraction of sp³-hybridized carbons (Fsp3) is 0.250. The van der Waals surface area contributed by atoms with Crippen molar-refractivity contribution in [2.75, 3.05) is 17.8 Å². The monoisotopic (exact) mass is 375 g/mol. The van der Waals surface area contributed by atoms with Crippen LogP contribution in [0, 0.1) is 0 Å². The Morgan fingerprint density at radius 1 is 1.32 bits per heavy atom. The van der Waals surface area contributed by atoms with E-state index >= 15 is 0 Å². The molecule has 0 spiro atoms. The smallest absolute Gasteiger partial charge is 0.237 e. The van der Waals surface area contributed by atoms with Crippen molar-refractivity contribution < 1.29 is 9.53 Å². The van der Waals surface area contributed by atoms with E-state index in [0.29, 0.717) is 11.7 Å². The molecule has 2 aromatic heterocycles. The van der Waals surface area contributed by atoms with Crippen LogP contribution in [0.3, 0.4) is 0 Å². The van der Waals surface area contributed by atoms with E-state index in [1.165, 1.54) is 11.8 Å². The average Bonchev–Trinajstić information content (AvgIpc) is 3.29. The number of carbonyl (C=O) groups is 1. The van der Waals surface area contributed by atoms with Gasteiger partial charge in [-0.05, 0) is 46.1 Å². The Bertz CT molecular complexity index is 817. The van der Waals surface area contributed by atoms with Gasteiger partial charge in [-0.15, -0.1) is 16.4 Å². The van der Waals surface area contributed by atoms with Crippen molar-refractivity contribution in [2.45, 2.75) is 11.7 Å². The van der Waals surface area contributed by atoms with Gasteiger partial charge in [0.05, 0.1) is 19.4 Å². The van der Waals surface area contributed by atoms with Crippen molar-refractivity contribution in [3.05, 3.63) is 46.7 Å². The number of hydrogen-bond acceptors (Lipinski definition) is 7. The molecule has 3 rings (SSSR count). The first kappa shape index (κ1) is 17.4. The van der Waals surface area contributed by atoms with Crippen LogP contribution in [0.4, 0.5) is 5.69 Å². The maximum Gasteiger partial charge on any atom is 0.237 e. The number of carbonyl (C=O) groups excluding carboxylic acids is 1. The van der Waals surface area contributed by atoms with Gasteiger partial charge >= 0.3 is 0 Å². The van der Waals surface area contributed by atoms with E-state index in [-0.39, 0.29) is 11.7 Å². The number of hydrogen-bond donors (Lipinski definition) is 0. The van der Waals surface area contributed by atoms with Crippen molar-refractivity contribution in [3.63, 3.8) is 0 Å². The third-order valence-corrected chi connectivity index (χ3v) is 5.34. The molecule has 0 saturated carbocycles.